The molecule has 0 aromatic heterocycles. The summed E-state index contributed by atoms with van der Waals surface area (Å²) in [5, 5.41) is 0. The first-order valence-corrected chi connectivity index (χ1v) is 6.11. The Morgan fingerprint density at radius 2 is 1.89 bits per heavy atom. The van der Waals surface area contributed by atoms with Crippen molar-refractivity contribution in [3.05, 3.63) is 53.6 Å². The smallest absolute Gasteiger partial charge is 0.150 e. The molecule has 2 aromatic rings. The molecule has 0 fully saturated rings. The third kappa shape index (κ3) is 3.13. The van der Waals surface area contributed by atoms with Gasteiger partial charge in [0, 0.05) is 31.4 Å². The van der Waals surface area contributed by atoms with Crippen LogP contribution in [0.3, 0.4) is 0 Å². The van der Waals surface area contributed by atoms with Crippen molar-refractivity contribution in [3.63, 3.8) is 0 Å². The molecule has 0 atom stereocenters. The van der Waals surface area contributed by atoms with Gasteiger partial charge in [0.25, 0.3) is 0 Å². The number of ether oxygens (including phenoxy) is 1. The summed E-state index contributed by atoms with van der Waals surface area (Å²) in [5.41, 5.74) is 2.69. The van der Waals surface area contributed by atoms with Crippen LogP contribution in [0.2, 0.25) is 0 Å². The number of aldehydes is 1. The van der Waals surface area contributed by atoms with Gasteiger partial charge in [0.15, 0.2) is 0 Å². The first-order valence-electron chi connectivity index (χ1n) is 6.11. The van der Waals surface area contributed by atoms with E-state index in [1.54, 1.807) is 6.07 Å². The monoisotopic (exact) mass is 255 g/mol. The zero-order chi connectivity index (χ0) is 13.8. The Balaban J connectivity index is 2.26. The molecule has 3 heteroatoms. The predicted molar refractivity (Wildman–Crippen MR) is 77.4 cm³/mol. The van der Waals surface area contributed by atoms with Gasteiger partial charge in [0.1, 0.15) is 17.8 Å². The Kier molecular flexibility index (Phi) is 3.85. The zero-order valence-electron chi connectivity index (χ0n) is 11.4. The molecule has 0 aliphatic carbocycles. The van der Waals surface area contributed by atoms with Gasteiger partial charge in [-0.1, -0.05) is 6.07 Å². The normalized spacial score (nSPS) is 10.1. The summed E-state index contributed by atoms with van der Waals surface area (Å²) >= 11 is 0. The lowest BCUT2D eigenvalue weighted by Crippen LogP contribution is -2.08. The highest BCUT2D eigenvalue weighted by Gasteiger charge is 2.04. The molecule has 0 bridgehead atoms. The second-order valence-electron chi connectivity index (χ2n) is 4.64. The maximum atomic E-state index is 10.7. The van der Waals surface area contributed by atoms with Crippen LogP contribution in [0.1, 0.15) is 15.9 Å². The Morgan fingerprint density at radius 1 is 1.11 bits per heavy atom. The first kappa shape index (κ1) is 13.1. The Morgan fingerprint density at radius 3 is 2.53 bits per heavy atom. The van der Waals surface area contributed by atoms with E-state index in [0.717, 1.165) is 29.0 Å². The van der Waals surface area contributed by atoms with Crippen LogP contribution in [0.4, 0.5) is 5.69 Å². The van der Waals surface area contributed by atoms with E-state index >= 15 is 0 Å². The molecule has 0 saturated heterocycles. The van der Waals surface area contributed by atoms with Crippen molar-refractivity contribution in [1.82, 2.24) is 0 Å². The summed E-state index contributed by atoms with van der Waals surface area (Å²) < 4.78 is 5.86. The molecule has 3 nitrogen and oxygen atoms in total. The van der Waals surface area contributed by atoms with Gasteiger partial charge in [-0.2, -0.15) is 0 Å². The van der Waals surface area contributed by atoms with E-state index in [9.17, 15) is 4.79 Å². The van der Waals surface area contributed by atoms with Crippen LogP contribution in [-0.4, -0.2) is 20.4 Å². The van der Waals surface area contributed by atoms with Crippen molar-refractivity contribution >= 4 is 12.0 Å². The summed E-state index contributed by atoms with van der Waals surface area (Å²) in [6.07, 6.45) is 0.837. The number of nitrogens with zero attached hydrogens (tertiary/aromatic N) is 1. The van der Waals surface area contributed by atoms with Crippen molar-refractivity contribution in [2.24, 2.45) is 0 Å². The average molecular weight is 255 g/mol. The zero-order valence-corrected chi connectivity index (χ0v) is 11.4. The molecule has 0 spiro atoms. The van der Waals surface area contributed by atoms with Crippen molar-refractivity contribution in [1.29, 1.82) is 0 Å². The summed E-state index contributed by atoms with van der Waals surface area (Å²) in [6.45, 7) is 1.93. The maximum absolute atomic E-state index is 10.7. The summed E-state index contributed by atoms with van der Waals surface area (Å²) in [5.74, 6) is 1.55. The molecule has 0 unspecified atom stereocenters. The van der Waals surface area contributed by atoms with Gasteiger partial charge in [0.2, 0.25) is 0 Å². The molecule has 19 heavy (non-hydrogen) atoms. The Labute approximate surface area is 113 Å². The minimum atomic E-state index is 0.659. The highest BCUT2D eigenvalue weighted by molar-refractivity contribution is 5.75. The molecule has 0 saturated carbocycles. The molecule has 0 N–H and O–H groups in total. The van der Waals surface area contributed by atoms with E-state index < -0.39 is 0 Å². The van der Waals surface area contributed by atoms with Gasteiger partial charge in [-0.3, -0.25) is 4.79 Å². The number of hydrogen-bond donors (Lipinski definition) is 0. The van der Waals surface area contributed by atoms with Crippen molar-refractivity contribution in [3.8, 4) is 11.5 Å². The second-order valence-corrected chi connectivity index (χ2v) is 4.64. The van der Waals surface area contributed by atoms with Gasteiger partial charge < -0.3 is 9.64 Å². The molecule has 98 valence electrons. The lowest BCUT2D eigenvalue weighted by Gasteiger charge is -2.14. The highest BCUT2D eigenvalue weighted by Crippen LogP contribution is 2.27. The van der Waals surface area contributed by atoms with Crippen molar-refractivity contribution < 1.29 is 9.53 Å². The largest absolute Gasteiger partial charge is 0.457 e. The van der Waals surface area contributed by atoms with Crippen molar-refractivity contribution in [2.75, 3.05) is 19.0 Å². The lowest BCUT2D eigenvalue weighted by atomic mass is 10.1. The van der Waals surface area contributed by atoms with Gasteiger partial charge in [-0.15, -0.1) is 0 Å². The molecule has 2 aromatic carbocycles. The number of aryl methyl sites for hydroxylation is 1. The molecule has 0 aliphatic rings. The van der Waals surface area contributed by atoms with Crippen LogP contribution in [0.15, 0.2) is 42.5 Å². The second kappa shape index (κ2) is 5.57. The van der Waals surface area contributed by atoms with Crippen LogP contribution >= 0.6 is 0 Å². The molecule has 2 rings (SSSR count). The SMILES string of the molecule is Cc1cc(C=O)ccc1Oc1cccc(N(C)C)c1. The standard InChI is InChI=1S/C16H17NO2/c1-12-9-13(11-18)7-8-16(12)19-15-6-4-5-14(10-15)17(2)3/h4-11H,1-3H3. The molecule has 0 aliphatic heterocycles. The van der Waals surface area contributed by atoms with E-state index in [0.29, 0.717) is 5.56 Å². The van der Waals surface area contributed by atoms with Crippen LogP contribution in [0, 0.1) is 6.92 Å². The van der Waals surface area contributed by atoms with Gasteiger partial charge in [-0.25, -0.2) is 0 Å². The third-order valence-electron chi connectivity index (χ3n) is 2.90. The van der Waals surface area contributed by atoms with Crippen LogP contribution < -0.4 is 9.64 Å². The number of anilines is 1. The van der Waals surface area contributed by atoms with E-state index in [1.807, 2.05) is 62.3 Å². The third-order valence-corrected chi connectivity index (χ3v) is 2.90. The van der Waals surface area contributed by atoms with Crippen LogP contribution in [0.25, 0.3) is 0 Å². The molecule has 0 amide bonds. The van der Waals surface area contributed by atoms with Gasteiger partial charge in [0.05, 0.1) is 0 Å². The number of carbonyl (C=O) groups is 1. The van der Waals surface area contributed by atoms with E-state index in [-0.39, 0.29) is 0 Å². The van der Waals surface area contributed by atoms with E-state index in [2.05, 4.69) is 0 Å². The number of carbonyl (C=O) groups excluding carboxylic acids is 1. The summed E-state index contributed by atoms with van der Waals surface area (Å²) in [6, 6.07) is 13.3. The molecular formula is C16H17NO2. The van der Waals surface area contributed by atoms with Crippen molar-refractivity contribution in [2.45, 2.75) is 6.92 Å². The summed E-state index contributed by atoms with van der Waals surface area (Å²) in [7, 11) is 3.98. The fourth-order valence-corrected chi connectivity index (χ4v) is 1.81. The fraction of sp³-hybridized carbons (Fsp3) is 0.188. The number of rotatable bonds is 4. The number of benzene rings is 2. The molecule has 0 radical (unpaired) electrons. The maximum Gasteiger partial charge on any atom is 0.150 e. The summed E-state index contributed by atoms with van der Waals surface area (Å²) in [4.78, 5) is 12.7. The van der Waals surface area contributed by atoms with Gasteiger partial charge >= 0.3 is 0 Å². The topological polar surface area (TPSA) is 29.5 Å². The average Bonchev–Trinajstić information content (AvgIpc) is 2.41. The minimum absolute atomic E-state index is 0.659. The quantitative estimate of drug-likeness (QED) is 0.781. The first-order chi connectivity index (χ1) is 9.10. The molecule has 0 heterocycles. The van der Waals surface area contributed by atoms with Crippen LogP contribution in [0.5, 0.6) is 11.5 Å². The lowest BCUT2D eigenvalue weighted by molar-refractivity contribution is 0.112. The van der Waals surface area contributed by atoms with E-state index in [1.165, 1.54) is 0 Å². The number of hydrogen-bond acceptors (Lipinski definition) is 3. The van der Waals surface area contributed by atoms with Crippen LogP contribution in [-0.2, 0) is 0 Å². The molecular weight excluding hydrogens is 238 g/mol. The predicted octanol–water partition coefficient (Wildman–Crippen LogP) is 3.67. The van der Waals surface area contributed by atoms with E-state index in [4.69, 9.17) is 4.74 Å². The minimum Gasteiger partial charge on any atom is -0.457 e. The fourth-order valence-electron chi connectivity index (χ4n) is 1.81. The Hall–Kier alpha value is -2.29. The Bertz CT molecular complexity index is 591. The highest BCUT2D eigenvalue weighted by atomic mass is 16.5. The van der Waals surface area contributed by atoms with Gasteiger partial charge in [-0.05, 0) is 42.8 Å².